The summed E-state index contributed by atoms with van der Waals surface area (Å²) in [6, 6.07) is 4.48. The van der Waals surface area contributed by atoms with Gasteiger partial charge in [0, 0.05) is 43.7 Å². The third kappa shape index (κ3) is 4.93. The van der Waals surface area contributed by atoms with Gasteiger partial charge in [-0.25, -0.2) is 18.6 Å². The van der Waals surface area contributed by atoms with Crippen molar-refractivity contribution in [3.63, 3.8) is 0 Å². The number of nitrogens with one attached hydrogen (secondary N) is 1. The first-order chi connectivity index (χ1) is 18.0. The molecule has 0 spiro atoms. The lowest BCUT2D eigenvalue weighted by atomic mass is 9.81. The van der Waals surface area contributed by atoms with Crippen LogP contribution in [0, 0.1) is 24.5 Å². The number of aryl methyl sites for hydroxylation is 1. The van der Waals surface area contributed by atoms with Crippen LogP contribution >= 0.6 is 0 Å². The van der Waals surface area contributed by atoms with Crippen molar-refractivity contribution in [3.05, 3.63) is 71.1 Å². The van der Waals surface area contributed by atoms with Crippen LogP contribution in [0.4, 0.5) is 25.2 Å². The molecule has 1 aliphatic rings. The number of imide groups is 1. The number of carbonyl (C=O) groups is 3. The second kappa shape index (κ2) is 10.6. The number of likely N-dealkylation sites (tertiary alicyclic amines) is 1. The molecule has 10 nitrogen and oxygen atoms in total. The van der Waals surface area contributed by atoms with E-state index >= 15 is 0 Å². The second-order valence-electron chi connectivity index (χ2n) is 9.28. The van der Waals surface area contributed by atoms with Crippen molar-refractivity contribution >= 4 is 29.5 Å². The lowest BCUT2D eigenvalue weighted by Crippen LogP contribution is -2.70. The molecule has 1 aliphatic heterocycles. The van der Waals surface area contributed by atoms with E-state index in [4.69, 9.17) is 5.73 Å². The van der Waals surface area contributed by atoms with Crippen LogP contribution in [0.3, 0.4) is 0 Å². The van der Waals surface area contributed by atoms with Crippen molar-refractivity contribution in [3.8, 4) is 0 Å². The van der Waals surface area contributed by atoms with Gasteiger partial charge in [-0.15, -0.1) is 0 Å². The van der Waals surface area contributed by atoms with Gasteiger partial charge in [0.25, 0.3) is 5.91 Å². The number of amides is 4. The fourth-order valence-electron chi connectivity index (χ4n) is 4.59. The van der Waals surface area contributed by atoms with Gasteiger partial charge >= 0.3 is 6.03 Å². The molecule has 3 atom stereocenters. The number of nitrogens with two attached hydrogens (primary N) is 1. The van der Waals surface area contributed by atoms with Crippen molar-refractivity contribution in [2.45, 2.75) is 38.8 Å². The van der Waals surface area contributed by atoms with Gasteiger partial charge in [0.2, 0.25) is 5.91 Å². The zero-order valence-electron chi connectivity index (χ0n) is 21.5. The highest BCUT2D eigenvalue weighted by Crippen LogP contribution is 2.33. The SMILES string of the molecule is CC[C@@H](NC(=O)N1C(=O)[C@H](Cc2ccnc(N)c2)[C@H]1C(=O)N(C)c1ccn(C)n1)c1ccc(F)c(C)c1F. The molecule has 3 N–H and O–H groups in total. The topological polar surface area (TPSA) is 126 Å². The molecule has 2 aromatic heterocycles. The number of urea groups is 1. The zero-order valence-corrected chi connectivity index (χ0v) is 21.5. The number of rotatable bonds is 7. The van der Waals surface area contributed by atoms with Crippen molar-refractivity contribution in [1.29, 1.82) is 0 Å². The molecular weight excluding hydrogens is 496 g/mol. The smallest absolute Gasteiger partial charge is 0.325 e. The van der Waals surface area contributed by atoms with E-state index in [0.29, 0.717) is 11.4 Å². The van der Waals surface area contributed by atoms with E-state index in [9.17, 15) is 23.2 Å². The second-order valence-corrected chi connectivity index (χ2v) is 9.28. The lowest BCUT2D eigenvalue weighted by molar-refractivity contribution is -0.156. The average molecular weight is 526 g/mol. The van der Waals surface area contributed by atoms with Gasteiger partial charge in [0.1, 0.15) is 23.5 Å². The van der Waals surface area contributed by atoms with E-state index in [-0.39, 0.29) is 29.8 Å². The van der Waals surface area contributed by atoms with Gasteiger partial charge in [-0.05, 0) is 43.5 Å². The third-order valence-electron chi connectivity index (χ3n) is 6.79. The van der Waals surface area contributed by atoms with E-state index in [1.165, 1.54) is 35.8 Å². The standard InChI is InChI=1S/C26H29F2N7O3/c1-5-19(16-6-7-18(27)14(2)22(16)28)31-26(38)35-23(25(37)34(4)21-9-11-33(3)32-21)17(24(35)36)12-15-8-10-30-20(29)13-15/h6-11,13,17,19,23H,5,12H2,1-4H3,(H2,29,30)(H,31,38)/t17-,19-,23+/m1/s1. The highest BCUT2D eigenvalue weighted by molar-refractivity contribution is 6.12. The first-order valence-electron chi connectivity index (χ1n) is 12.1. The van der Waals surface area contributed by atoms with Gasteiger partial charge in [-0.2, -0.15) is 5.10 Å². The van der Waals surface area contributed by atoms with E-state index in [1.807, 2.05) is 0 Å². The average Bonchev–Trinajstić information content (AvgIpc) is 3.33. The maximum absolute atomic E-state index is 14.8. The number of nitrogen functional groups attached to an aromatic ring is 1. The van der Waals surface area contributed by atoms with Crippen molar-refractivity contribution in [2.75, 3.05) is 17.7 Å². The molecule has 0 unspecified atom stereocenters. The molecule has 1 fully saturated rings. The van der Waals surface area contributed by atoms with Gasteiger partial charge in [-0.1, -0.05) is 13.0 Å². The van der Waals surface area contributed by atoms with E-state index in [1.54, 1.807) is 38.4 Å². The lowest BCUT2D eigenvalue weighted by Gasteiger charge is -2.45. The first-order valence-corrected chi connectivity index (χ1v) is 12.1. The monoisotopic (exact) mass is 525 g/mol. The van der Waals surface area contributed by atoms with Gasteiger partial charge in [0.15, 0.2) is 5.82 Å². The third-order valence-corrected chi connectivity index (χ3v) is 6.79. The molecule has 3 heterocycles. The molecule has 1 aromatic carbocycles. The summed E-state index contributed by atoms with van der Waals surface area (Å²) in [6.45, 7) is 3.02. The number of pyridine rings is 1. The largest absolute Gasteiger partial charge is 0.384 e. The Kier molecular flexibility index (Phi) is 7.42. The Morgan fingerprint density at radius 2 is 1.97 bits per heavy atom. The minimum Gasteiger partial charge on any atom is -0.384 e. The number of nitrogens with zero attached hydrogens (tertiary/aromatic N) is 5. The number of carbonyl (C=O) groups excluding carboxylic acids is 3. The number of β-lactam (4-membered cyclic amide) rings is 1. The van der Waals surface area contributed by atoms with Crippen molar-refractivity contribution in [1.82, 2.24) is 25.0 Å². The number of likely N-dealkylation sites (N-methyl/N-ethyl adjacent to an activating group) is 1. The molecule has 12 heteroatoms. The molecule has 4 rings (SSSR count). The van der Waals surface area contributed by atoms with Gasteiger partial charge in [0.05, 0.1) is 12.0 Å². The molecular formula is C26H29F2N7O3. The highest BCUT2D eigenvalue weighted by Gasteiger charge is 2.55. The molecule has 0 saturated carbocycles. The van der Waals surface area contributed by atoms with E-state index in [0.717, 1.165) is 11.0 Å². The maximum Gasteiger partial charge on any atom is 0.325 e. The quantitative estimate of drug-likeness (QED) is 0.457. The molecule has 0 aliphatic carbocycles. The summed E-state index contributed by atoms with van der Waals surface area (Å²) in [5.74, 6) is -2.78. The van der Waals surface area contributed by atoms with Crippen LogP contribution in [-0.2, 0) is 23.1 Å². The number of benzene rings is 1. The Balaban J connectivity index is 1.62. The molecule has 3 aromatic rings. The highest BCUT2D eigenvalue weighted by atomic mass is 19.1. The predicted octanol–water partition coefficient (Wildman–Crippen LogP) is 2.88. The Morgan fingerprint density at radius 3 is 2.61 bits per heavy atom. The van der Waals surface area contributed by atoms with Crippen LogP contribution in [0.1, 0.15) is 36.1 Å². The number of hydrogen-bond donors (Lipinski definition) is 2. The Labute approximate surface area is 218 Å². The zero-order chi connectivity index (χ0) is 27.7. The summed E-state index contributed by atoms with van der Waals surface area (Å²) >= 11 is 0. The maximum atomic E-state index is 14.8. The molecule has 1 saturated heterocycles. The van der Waals surface area contributed by atoms with Gasteiger partial charge < -0.3 is 11.1 Å². The first kappa shape index (κ1) is 26.7. The van der Waals surface area contributed by atoms with Crippen LogP contribution in [0.25, 0.3) is 0 Å². The minimum absolute atomic E-state index is 0.0880. The fraction of sp³-hybridized carbons (Fsp3) is 0.346. The Hall–Kier alpha value is -4.35. The van der Waals surface area contributed by atoms with Gasteiger partial charge in [-0.3, -0.25) is 24.1 Å². The fourth-order valence-corrected chi connectivity index (χ4v) is 4.59. The number of aromatic nitrogens is 3. The van der Waals surface area contributed by atoms with E-state index in [2.05, 4.69) is 15.4 Å². The van der Waals surface area contributed by atoms with Crippen LogP contribution < -0.4 is 16.0 Å². The summed E-state index contributed by atoms with van der Waals surface area (Å²) in [4.78, 5) is 46.3. The minimum atomic E-state index is -1.14. The summed E-state index contributed by atoms with van der Waals surface area (Å²) in [7, 11) is 3.21. The van der Waals surface area contributed by atoms with E-state index < -0.39 is 47.5 Å². The normalized spacial score (nSPS) is 17.6. The van der Waals surface area contributed by atoms with Crippen LogP contribution in [-0.4, -0.2) is 50.6 Å². The number of hydrogen-bond acceptors (Lipinski definition) is 6. The van der Waals surface area contributed by atoms with Crippen LogP contribution in [0.15, 0.2) is 42.7 Å². The van der Waals surface area contributed by atoms with Crippen LogP contribution in [0.5, 0.6) is 0 Å². The van der Waals surface area contributed by atoms with Crippen molar-refractivity contribution in [2.24, 2.45) is 13.0 Å². The Morgan fingerprint density at radius 1 is 1.24 bits per heavy atom. The Bertz CT molecular complexity index is 1390. The summed E-state index contributed by atoms with van der Waals surface area (Å²) in [5.41, 5.74) is 6.38. The summed E-state index contributed by atoms with van der Waals surface area (Å²) in [5, 5.41) is 6.88. The number of anilines is 2. The predicted molar refractivity (Wildman–Crippen MR) is 136 cm³/mol. The molecule has 38 heavy (non-hydrogen) atoms. The van der Waals surface area contributed by atoms with Crippen molar-refractivity contribution < 1.29 is 23.2 Å². The molecule has 0 radical (unpaired) electrons. The summed E-state index contributed by atoms with van der Waals surface area (Å²) in [6.07, 6.45) is 3.59. The molecule has 4 amide bonds. The van der Waals surface area contributed by atoms with Crippen LogP contribution in [0.2, 0.25) is 0 Å². The number of halogens is 2. The molecule has 0 bridgehead atoms. The molecule has 200 valence electrons. The summed E-state index contributed by atoms with van der Waals surface area (Å²) < 4.78 is 30.1.